The lowest BCUT2D eigenvalue weighted by atomic mass is 10.1. The number of methoxy groups -OCH3 is 1. The zero-order chi connectivity index (χ0) is 14.8. The summed E-state index contributed by atoms with van der Waals surface area (Å²) in [6.45, 7) is 0. The first-order chi connectivity index (χ1) is 9.54. The molecule has 106 valence electrons. The van der Waals surface area contributed by atoms with Gasteiger partial charge < -0.3 is 13.8 Å². The van der Waals surface area contributed by atoms with E-state index in [0.717, 1.165) is 10.8 Å². The van der Waals surface area contributed by atoms with E-state index >= 15 is 0 Å². The van der Waals surface area contributed by atoms with Gasteiger partial charge in [-0.1, -0.05) is 12.1 Å². The number of fused-ring (bicyclic) bond motifs is 1. The highest BCUT2D eigenvalue weighted by atomic mass is 31.2. The minimum atomic E-state index is -3.27. The van der Waals surface area contributed by atoms with Crippen LogP contribution in [0.4, 0.5) is 0 Å². The van der Waals surface area contributed by atoms with Crippen LogP contribution < -0.4 is 5.30 Å². The summed E-state index contributed by atoms with van der Waals surface area (Å²) in [4.78, 5) is 11.5. The normalized spacial score (nSPS) is 11.6. The van der Waals surface area contributed by atoms with Gasteiger partial charge in [0.25, 0.3) is 0 Å². The van der Waals surface area contributed by atoms with Crippen LogP contribution in [-0.2, 0) is 18.3 Å². The maximum Gasteiger partial charge on any atom is 0.360 e. The lowest BCUT2D eigenvalue weighted by Crippen LogP contribution is -2.07. The molecule has 0 heterocycles. The molecule has 2 rings (SSSR count). The minimum absolute atomic E-state index is 0.393. The molecule has 0 aliphatic heterocycles. The van der Waals surface area contributed by atoms with Crippen LogP contribution in [0.1, 0.15) is 10.4 Å². The molecule has 0 saturated heterocycles. The van der Waals surface area contributed by atoms with Gasteiger partial charge in [-0.15, -0.1) is 0 Å². The maximum absolute atomic E-state index is 12.3. The Morgan fingerprint density at radius 2 is 1.55 bits per heavy atom. The molecule has 0 radical (unpaired) electrons. The lowest BCUT2D eigenvalue weighted by Gasteiger charge is -2.14. The molecule has 0 aliphatic carbocycles. The smallest absolute Gasteiger partial charge is 0.360 e. The molecule has 20 heavy (non-hydrogen) atoms. The lowest BCUT2D eigenvalue weighted by molar-refractivity contribution is 0.0601. The molecular weight excluding hydrogens is 279 g/mol. The monoisotopic (exact) mass is 294 g/mol. The molecule has 0 aromatic heterocycles. The Balaban J connectivity index is 2.52. The van der Waals surface area contributed by atoms with E-state index < -0.39 is 13.6 Å². The Hall–Kier alpha value is -1.68. The van der Waals surface area contributed by atoms with Crippen LogP contribution in [0, 0.1) is 0 Å². The third-order valence-corrected chi connectivity index (χ3v) is 4.91. The fraction of sp³-hybridized carbons (Fsp3) is 0.214. The van der Waals surface area contributed by atoms with Crippen molar-refractivity contribution in [3.8, 4) is 0 Å². The number of rotatable bonds is 4. The van der Waals surface area contributed by atoms with Crippen molar-refractivity contribution in [1.29, 1.82) is 0 Å². The van der Waals surface area contributed by atoms with Crippen LogP contribution in [0.15, 0.2) is 36.4 Å². The molecule has 0 saturated carbocycles. The fourth-order valence-electron chi connectivity index (χ4n) is 1.93. The average Bonchev–Trinajstić information content (AvgIpc) is 2.52. The largest absolute Gasteiger partial charge is 0.465 e. The standard InChI is InChI=1S/C14H15O5P/c1-17-14(15)12-5-4-11-9-13(7-6-10(11)8-12)20(16,18-2)19-3/h4-9H,1-3H3. The number of esters is 1. The summed E-state index contributed by atoms with van der Waals surface area (Å²) in [5.41, 5.74) is 0.467. The second-order valence-corrected chi connectivity index (χ2v) is 6.34. The van der Waals surface area contributed by atoms with Crippen molar-refractivity contribution in [3.63, 3.8) is 0 Å². The number of carbonyl (C=O) groups excluding carboxylic acids is 1. The van der Waals surface area contributed by atoms with Crippen LogP contribution in [0.2, 0.25) is 0 Å². The highest BCUT2D eigenvalue weighted by molar-refractivity contribution is 7.62. The van der Waals surface area contributed by atoms with Crippen LogP contribution in [-0.4, -0.2) is 27.3 Å². The van der Waals surface area contributed by atoms with Crippen LogP contribution in [0.3, 0.4) is 0 Å². The van der Waals surface area contributed by atoms with Crippen molar-refractivity contribution in [1.82, 2.24) is 0 Å². The molecule has 0 aliphatic rings. The van der Waals surface area contributed by atoms with E-state index in [1.165, 1.54) is 21.3 Å². The van der Waals surface area contributed by atoms with Gasteiger partial charge in [0.05, 0.1) is 18.0 Å². The van der Waals surface area contributed by atoms with Gasteiger partial charge in [0.2, 0.25) is 0 Å². The second-order valence-electron chi connectivity index (χ2n) is 4.10. The first-order valence-corrected chi connectivity index (χ1v) is 7.42. The van der Waals surface area contributed by atoms with Gasteiger partial charge >= 0.3 is 13.6 Å². The molecule has 0 atom stereocenters. The van der Waals surface area contributed by atoms with Gasteiger partial charge in [-0.2, -0.15) is 0 Å². The summed E-state index contributed by atoms with van der Waals surface area (Å²) < 4.78 is 26.9. The van der Waals surface area contributed by atoms with Gasteiger partial charge in [0, 0.05) is 14.2 Å². The van der Waals surface area contributed by atoms with E-state index in [-0.39, 0.29) is 0 Å². The topological polar surface area (TPSA) is 61.8 Å². The molecule has 2 aromatic carbocycles. The predicted octanol–water partition coefficient (Wildman–Crippen LogP) is 2.74. The van der Waals surface area contributed by atoms with Crippen molar-refractivity contribution in [2.75, 3.05) is 21.3 Å². The predicted molar refractivity (Wildman–Crippen MR) is 76.5 cm³/mol. The van der Waals surface area contributed by atoms with Gasteiger partial charge in [-0.25, -0.2) is 4.79 Å². The second kappa shape index (κ2) is 5.75. The molecule has 2 aromatic rings. The zero-order valence-corrected chi connectivity index (χ0v) is 12.3. The quantitative estimate of drug-likeness (QED) is 0.641. The Labute approximate surface area is 117 Å². The molecule has 6 heteroatoms. The van der Waals surface area contributed by atoms with Crippen molar-refractivity contribution < 1.29 is 23.1 Å². The highest BCUT2D eigenvalue weighted by Gasteiger charge is 2.24. The van der Waals surface area contributed by atoms with E-state index in [2.05, 4.69) is 4.74 Å². The SMILES string of the molecule is COC(=O)c1ccc2cc(P(=O)(OC)OC)ccc2c1. The van der Waals surface area contributed by atoms with Crippen LogP contribution in [0.25, 0.3) is 10.8 Å². The molecule has 0 bridgehead atoms. The van der Waals surface area contributed by atoms with Gasteiger partial charge in [0.1, 0.15) is 0 Å². The van der Waals surface area contributed by atoms with Crippen LogP contribution in [0.5, 0.6) is 0 Å². The Morgan fingerprint density at radius 3 is 2.15 bits per heavy atom. The summed E-state index contributed by atoms with van der Waals surface area (Å²) in [7, 11) is 0.754. The summed E-state index contributed by atoms with van der Waals surface area (Å²) in [5, 5.41) is 2.15. The molecular formula is C14H15O5P. The molecule has 5 nitrogen and oxygen atoms in total. The van der Waals surface area contributed by atoms with Crippen LogP contribution >= 0.6 is 7.60 Å². The summed E-state index contributed by atoms with van der Waals surface area (Å²) in [5.74, 6) is -0.393. The van der Waals surface area contributed by atoms with E-state index in [9.17, 15) is 9.36 Å². The van der Waals surface area contributed by atoms with E-state index in [1.54, 1.807) is 36.4 Å². The fourth-order valence-corrected chi connectivity index (χ4v) is 3.06. The first-order valence-electron chi connectivity index (χ1n) is 5.88. The molecule has 0 spiro atoms. The minimum Gasteiger partial charge on any atom is -0.465 e. The van der Waals surface area contributed by atoms with Gasteiger partial charge in [-0.3, -0.25) is 4.57 Å². The average molecular weight is 294 g/mol. The maximum atomic E-state index is 12.3. The van der Waals surface area contributed by atoms with Crippen molar-refractivity contribution in [3.05, 3.63) is 42.0 Å². The number of hydrogen-bond donors (Lipinski definition) is 0. The molecule has 0 N–H and O–H groups in total. The highest BCUT2D eigenvalue weighted by Crippen LogP contribution is 2.45. The van der Waals surface area contributed by atoms with Crippen molar-refractivity contribution in [2.24, 2.45) is 0 Å². The molecule has 0 amide bonds. The van der Waals surface area contributed by atoms with E-state index in [0.29, 0.717) is 10.9 Å². The molecule has 0 unspecified atom stereocenters. The summed E-state index contributed by atoms with van der Waals surface area (Å²) in [6.07, 6.45) is 0. The number of ether oxygens (including phenoxy) is 1. The van der Waals surface area contributed by atoms with Crippen molar-refractivity contribution >= 4 is 29.6 Å². The third kappa shape index (κ3) is 2.61. The third-order valence-electron chi connectivity index (χ3n) is 3.04. The number of carbonyl (C=O) groups is 1. The Bertz CT molecular complexity index is 687. The number of benzene rings is 2. The van der Waals surface area contributed by atoms with Gasteiger partial charge in [0.15, 0.2) is 0 Å². The summed E-state index contributed by atoms with van der Waals surface area (Å²) >= 11 is 0. The van der Waals surface area contributed by atoms with E-state index in [4.69, 9.17) is 9.05 Å². The first kappa shape index (κ1) is 14.7. The zero-order valence-electron chi connectivity index (χ0n) is 11.5. The number of hydrogen-bond acceptors (Lipinski definition) is 5. The Kier molecular flexibility index (Phi) is 4.23. The van der Waals surface area contributed by atoms with Crippen molar-refractivity contribution in [2.45, 2.75) is 0 Å². The summed E-state index contributed by atoms with van der Waals surface area (Å²) in [6, 6.07) is 10.3. The Morgan fingerprint density at radius 1 is 0.950 bits per heavy atom. The van der Waals surface area contributed by atoms with Gasteiger partial charge in [-0.05, 0) is 35.0 Å². The van der Waals surface area contributed by atoms with E-state index in [1.807, 2.05) is 0 Å². The molecule has 0 fully saturated rings.